The molecular formula is C50H92N2O2. The molecule has 2 aromatic carbocycles. The SMILES string of the molecule is CC.CC.CC.CC.CCCCC(CN=Cc1cc(C(C)(CCCC)CCCC)cc(C)c1O)N=Cc1cc(C(C)(CCCC)CCCC)cc(C)c1O. The standard InChI is InChI=1S/C42H68N2O2.4C2H6/c1-10-15-20-38(44-30-35-28-37(26-33(7)40(35)46)42(9,23-18-13-4)24-19-14-5)31-43-29-34-27-36(25-32(6)39(34)45)41(8,21-16-11-2)22-17-12-3;4*1-2/h25-30,38,45-46H,10-24,31H2,1-9H3;4*1-2H3. The second kappa shape index (κ2) is 33.7. The van der Waals surface area contributed by atoms with Crippen molar-refractivity contribution in [2.24, 2.45) is 9.98 Å². The van der Waals surface area contributed by atoms with Gasteiger partial charge in [-0.2, -0.15) is 0 Å². The molecule has 0 saturated carbocycles. The number of nitrogens with zero attached hydrogens (tertiary/aromatic N) is 2. The molecule has 0 saturated heterocycles. The lowest BCUT2D eigenvalue weighted by molar-refractivity contribution is 0.373. The van der Waals surface area contributed by atoms with E-state index in [0.717, 1.165) is 67.2 Å². The van der Waals surface area contributed by atoms with Gasteiger partial charge in [-0.1, -0.05) is 180 Å². The zero-order valence-electron chi connectivity index (χ0n) is 39.1. The van der Waals surface area contributed by atoms with Gasteiger partial charge in [-0.3, -0.25) is 9.98 Å². The summed E-state index contributed by atoms with van der Waals surface area (Å²) < 4.78 is 0. The van der Waals surface area contributed by atoms with Gasteiger partial charge in [-0.25, -0.2) is 0 Å². The first-order chi connectivity index (χ1) is 26.0. The predicted molar refractivity (Wildman–Crippen MR) is 247 cm³/mol. The summed E-state index contributed by atoms with van der Waals surface area (Å²) in [6.45, 7) is 36.6. The van der Waals surface area contributed by atoms with E-state index in [-0.39, 0.29) is 16.9 Å². The van der Waals surface area contributed by atoms with E-state index < -0.39 is 0 Å². The summed E-state index contributed by atoms with van der Waals surface area (Å²) in [6, 6.07) is 8.73. The molecule has 2 aromatic rings. The summed E-state index contributed by atoms with van der Waals surface area (Å²) in [4.78, 5) is 9.87. The van der Waals surface area contributed by atoms with Crippen LogP contribution in [-0.2, 0) is 10.8 Å². The van der Waals surface area contributed by atoms with Crippen LogP contribution in [0.15, 0.2) is 34.3 Å². The number of aliphatic imine (C=N–C) groups is 2. The zero-order valence-corrected chi connectivity index (χ0v) is 39.1. The second-order valence-electron chi connectivity index (χ2n) is 14.6. The third-order valence-electron chi connectivity index (χ3n) is 10.2. The van der Waals surface area contributed by atoms with Crippen molar-refractivity contribution in [3.63, 3.8) is 0 Å². The van der Waals surface area contributed by atoms with E-state index in [9.17, 15) is 10.2 Å². The van der Waals surface area contributed by atoms with Crippen molar-refractivity contribution in [1.82, 2.24) is 0 Å². The van der Waals surface area contributed by atoms with Gasteiger partial charge in [0.2, 0.25) is 0 Å². The number of aromatic hydroxyl groups is 2. The normalized spacial score (nSPS) is 11.8. The van der Waals surface area contributed by atoms with Crippen molar-refractivity contribution >= 4 is 12.4 Å². The predicted octanol–water partition coefficient (Wildman–Crippen LogP) is 16.2. The molecule has 0 aromatic heterocycles. The molecule has 4 nitrogen and oxygen atoms in total. The Hall–Kier alpha value is -2.62. The molecule has 0 spiro atoms. The summed E-state index contributed by atoms with van der Waals surface area (Å²) in [6.07, 6.45) is 21.0. The highest BCUT2D eigenvalue weighted by atomic mass is 16.3. The summed E-state index contributed by atoms with van der Waals surface area (Å²) in [5, 5.41) is 22.1. The van der Waals surface area contributed by atoms with E-state index in [2.05, 4.69) is 72.7 Å². The van der Waals surface area contributed by atoms with Crippen LogP contribution in [0.5, 0.6) is 11.5 Å². The van der Waals surface area contributed by atoms with Gasteiger partial charge < -0.3 is 10.2 Å². The van der Waals surface area contributed by atoms with Crippen molar-refractivity contribution in [1.29, 1.82) is 0 Å². The van der Waals surface area contributed by atoms with Crippen LogP contribution in [0, 0.1) is 13.8 Å². The highest BCUT2D eigenvalue weighted by Crippen LogP contribution is 2.39. The Morgan fingerprint density at radius 1 is 0.537 bits per heavy atom. The number of aryl methyl sites for hydroxylation is 2. The van der Waals surface area contributed by atoms with Gasteiger partial charge in [-0.05, 0) is 91.2 Å². The Kier molecular flexibility index (Phi) is 34.8. The molecule has 0 radical (unpaired) electrons. The molecule has 0 bridgehead atoms. The van der Waals surface area contributed by atoms with Gasteiger partial charge in [0.25, 0.3) is 0 Å². The van der Waals surface area contributed by atoms with E-state index in [1.54, 1.807) is 0 Å². The Labute approximate surface area is 338 Å². The van der Waals surface area contributed by atoms with Crippen LogP contribution < -0.4 is 0 Å². The number of rotatable bonds is 22. The molecule has 54 heavy (non-hydrogen) atoms. The highest BCUT2D eigenvalue weighted by Gasteiger charge is 2.28. The maximum atomic E-state index is 11.1. The van der Waals surface area contributed by atoms with Gasteiger partial charge in [0, 0.05) is 23.6 Å². The van der Waals surface area contributed by atoms with Crippen molar-refractivity contribution in [2.45, 2.75) is 231 Å². The maximum absolute atomic E-state index is 11.1. The minimum Gasteiger partial charge on any atom is -0.507 e. The largest absolute Gasteiger partial charge is 0.507 e. The first-order valence-electron chi connectivity index (χ1n) is 22.7. The molecule has 0 amide bonds. The monoisotopic (exact) mass is 753 g/mol. The van der Waals surface area contributed by atoms with Crippen LogP contribution in [0.1, 0.15) is 234 Å². The minimum absolute atomic E-state index is 0.0110. The summed E-state index contributed by atoms with van der Waals surface area (Å²) in [5.74, 6) is 0.644. The third kappa shape index (κ3) is 19.8. The van der Waals surface area contributed by atoms with E-state index >= 15 is 0 Å². The number of hydrogen-bond acceptors (Lipinski definition) is 4. The quantitative estimate of drug-likeness (QED) is 0.118. The van der Waals surface area contributed by atoms with Crippen molar-refractivity contribution in [2.75, 3.05) is 6.54 Å². The van der Waals surface area contributed by atoms with Crippen LogP contribution in [0.3, 0.4) is 0 Å². The van der Waals surface area contributed by atoms with Crippen LogP contribution in [0.2, 0.25) is 0 Å². The molecule has 2 N–H and O–H groups in total. The average Bonchev–Trinajstić information content (AvgIpc) is 3.21. The number of unbranched alkanes of at least 4 members (excludes halogenated alkanes) is 5. The summed E-state index contributed by atoms with van der Waals surface area (Å²) >= 11 is 0. The second-order valence-corrected chi connectivity index (χ2v) is 14.6. The molecular weight excluding hydrogens is 661 g/mol. The fraction of sp³-hybridized carbons (Fsp3) is 0.720. The Morgan fingerprint density at radius 3 is 1.20 bits per heavy atom. The molecule has 0 aliphatic rings. The molecule has 4 heteroatoms. The van der Waals surface area contributed by atoms with E-state index in [1.807, 2.05) is 81.7 Å². The molecule has 2 rings (SSSR count). The van der Waals surface area contributed by atoms with Crippen LogP contribution in [0.25, 0.3) is 0 Å². The van der Waals surface area contributed by atoms with Crippen molar-refractivity contribution in [3.05, 3.63) is 57.6 Å². The van der Waals surface area contributed by atoms with E-state index in [1.165, 1.54) is 62.5 Å². The van der Waals surface area contributed by atoms with E-state index in [0.29, 0.717) is 18.0 Å². The Bertz CT molecular complexity index is 1230. The lowest BCUT2D eigenvalue weighted by atomic mass is 9.73. The molecule has 0 fully saturated rings. The smallest absolute Gasteiger partial charge is 0.127 e. The number of phenolic OH excluding ortho intramolecular Hbond substituents is 2. The Morgan fingerprint density at radius 2 is 0.870 bits per heavy atom. The molecule has 0 heterocycles. The fourth-order valence-electron chi connectivity index (χ4n) is 6.71. The van der Waals surface area contributed by atoms with Crippen molar-refractivity contribution in [3.8, 4) is 11.5 Å². The molecule has 314 valence electrons. The molecule has 0 aliphatic heterocycles. The van der Waals surface area contributed by atoms with Crippen molar-refractivity contribution < 1.29 is 10.2 Å². The molecule has 1 atom stereocenters. The Balaban J connectivity index is -0.00000304. The fourth-order valence-corrected chi connectivity index (χ4v) is 6.71. The third-order valence-corrected chi connectivity index (χ3v) is 10.2. The topological polar surface area (TPSA) is 65.2 Å². The lowest BCUT2D eigenvalue weighted by Gasteiger charge is -2.31. The van der Waals surface area contributed by atoms with Gasteiger partial charge in [-0.15, -0.1) is 0 Å². The lowest BCUT2D eigenvalue weighted by Crippen LogP contribution is -2.22. The van der Waals surface area contributed by atoms with Gasteiger partial charge in [0.05, 0.1) is 12.6 Å². The first kappa shape index (κ1) is 55.7. The van der Waals surface area contributed by atoms with Crippen LogP contribution in [0.4, 0.5) is 0 Å². The van der Waals surface area contributed by atoms with Gasteiger partial charge >= 0.3 is 0 Å². The highest BCUT2D eigenvalue weighted by molar-refractivity contribution is 5.85. The number of hydrogen-bond donors (Lipinski definition) is 2. The molecule has 0 aliphatic carbocycles. The van der Waals surface area contributed by atoms with Crippen LogP contribution in [-0.4, -0.2) is 35.2 Å². The van der Waals surface area contributed by atoms with Crippen LogP contribution >= 0.6 is 0 Å². The van der Waals surface area contributed by atoms with Gasteiger partial charge in [0.1, 0.15) is 11.5 Å². The number of phenols is 2. The zero-order chi connectivity index (χ0) is 42.2. The number of benzene rings is 2. The summed E-state index contributed by atoms with van der Waals surface area (Å²) in [5.41, 5.74) is 6.24. The average molecular weight is 753 g/mol. The first-order valence-corrected chi connectivity index (χ1v) is 22.7. The molecule has 1 unspecified atom stereocenters. The van der Waals surface area contributed by atoms with Gasteiger partial charge in [0.15, 0.2) is 0 Å². The van der Waals surface area contributed by atoms with E-state index in [4.69, 9.17) is 9.98 Å². The summed E-state index contributed by atoms with van der Waals surface area (Å²) in [7, 11) is 0. The maximum Gasteiger partial charge on any atom is 0.127 e. The minimum atomic E-state index is 0.0110.